The third kappa shape index (κ3) is 1.73. The van der Waals surface area contributed by atoms with Crippen LogP contribution in [-0.2, 0) is 0 Å². The zero-order valence-electron chi connectivity index (χ0n) is 13.4. The molecule has 0 N–H and O–H groups in total. The number of aryl methyl sites for hydroxylation is 4. The average molecular weight is 286 g/mol. The summed E-state index contributed by atoms with van der Waals surface area (Å²) in [6, 6.07) is 12.8. The molecule has 2 aromatic heterocycles. The topological polar surface area (TPSA) is 25.8 Å². The number of rotatable bonds is 0. The van der Waals surface area contributed by atoms with Crippen LogP contribution < -0.4 is 0 Å². The molecule has 0 atom stereocenters. The Hall–Kier alpha value is -2.48. The van der Waals surface area contributed by atoms with Crippen LogP contribution in [0.5, 0.6) is 0 Å². The van der Waals surface area contributed by atoms with Crippen LogP contribution in [0, 0.1) is 27.7 Å². The zero-order valence-corrected chi connectivity index (χ0v) is 13.4. The highest BCUT2D eigenvalue weighted by molar-refractivity contribution is 6.10. The lowest BCUT2D eigenvalue weighted by Gasteiger charge is -2.13. The van der Waals surface area contributed by atoms with Crippen molar-refractivity contribution in [3.05, 3.63) is 58.8 Å². The first-order valence-corrected chi connectivity index (χ1v) is 7.63. The average Bonchev–Trinajstić information content (AvgIpc) is 2.49. The summed E-state index contributed by atoms with van der Waals surface area (Å²) in [6.07, 6.45) is 0. The molecule has 0 unspecified atom stereocenters. The van der Waals surface area contributed by atoms with E-state index < -0.39 is 0 Å². The molecule has 2 heterocycles. The minimum Gasteiger partial charge on any atom is -0.252 e. The largest absolute Gasteiger partial charge is 0.252 e. The molecule has 2 nitrogen and oxygen atoms in total. The normalized spacial score (nSPS) is 11.6. The quantitative estimate of drug-likeness (QED) is 0.329. The lowest BCUT2D eigenvalue weighted by Crippen LogP contribution is -1.96. The Kier molecular flexibility index (Phi) is 2.70. The summed E-state index contributed by atoms with van der Waals surface area (Å²) in [4.78, 5) is 9.82. The minimum absolute atomic E-state index is 1.06. The molecular weight excluding hydrogens is 268 g/mol. The van der Waals surface area contributed by atoms with Gasteiger partial charge in [-0.25, -0.2) is 4.98 Å². The predicted octanol–water partition coefficient (Wildman–Crippen LogP) is 5.17. The highest BCUT2D eigenvalue weighted by Gasteiger charge is 2.13. The molecular formula is C20H18N2. The number of hydrogen-bond acceptors (Lipinski definition) is 2. The number of aromatic nitrogens is 2. The molecule has 0 spiro atoms. The van der Waals surface area contributed by atoms with Gasteiger partial charge in [0, 0.05) is 21.9 Å². The Labute approximate surface area is 129 Å². The second-order valence-electron chi connectivity index (χ2n) is 6.15. The van der Waals surface area contributed by atoms with Gasteiger partial charge in [0.25, 0.3) is 0 Å². The van der Waals surface area contributed by atoms with Crippen LogP contribution in [0.15, 0.2) is 36.4 Å². The summed E-state index contributed by atoms with van der Waals surface area (Å²) in [5.74, 6) is 0. The fourth-order valence-electron chi connectivity index (χ4n) is 3.40. The first-order chi connectivity index (χ1) is 10.6. The summed E-state index contributed by atoms with van der Waals surface area (Å²) in [7, 11) is 0. The Balaban J connectivity index is 2.32. The molecule has 4 rings (SSSR count). The first kappa shape index (κ1) is 13.2. The van der Waals surface area contributed by atoms with Gasteiger partial charge in [-0.3, -0.25) is 4.98 Å². The van der Waals surface area contributed by atoms with E-state index in [1.54, 1.807) is 0 Å². The summed E-state index contributed by atoms with van der Waals surface area (Å²) in [6.45, 7) is 8.50. The van der Waals surface area contributed by atoms with Gasteiger partial charge in [0.2, 0.25) is 0 Å². The van der Waals surface area contributed by atoms with Crippen molar-refractivity contribution < 1.29 is 0 Å². The number of para-hydroxylation sites is 1. The molecule has 0 aliphatic rings. The van der Waals surface area contributed by atoms with E-state index in [0.717, 1.165) is 27.6 Å². The van der Waals surface area contributed by atoms with Gasteiger partial charge in [-0.05, 0) is 51.0 Å². The monoisotopic (exact) mass is 286 g/mol. The van der Waals surface area contributed by atoms with E-state index in [9.17, 15) is 0 Å². The predicted molar refractivity (Wildman–Crippen MR) is 93.5 cm³/mol. The Morgan fingerprint density at radius 1 is 0.773 bits per heavy atom. The maximum absolute atomic E-state index is 4.97. The van der Waals surface area contributed by atoms with Crippen molar-refractivity contribution in [3.63, 3.8) is 0 Å². The molecule has 4 aromatic rings. The van der Waals surface area contributed by atoms with Gasteiger partial charge in [-0.2, -0.15) is 0 Å². The lowest BCUT2D eigenvalue weighted by atomic mass is 9.99. The number of nitrogens with zero attached hydrogens (tertiary/aromatic N) is 2. The number of fused-ring (bicyclic) bond motifs is 4. The van der Waals surface area contributed by atoms with Crippen LogP contribution in [-0.4, -0.2) is 9.97 Å². The van der Waals surface area contributed by atoms with Crippen LogP contribution in [0.4, 0.5) is 0 Å². The fraction of sp³-hybridized carbons (Fsp3) is 0.200. The second kappa shape index (κ2) is 4.51. The highest BCUT2D eigenvalue weighted by atomic mass is 14.8. The molecule has 0 aliphatic carbocycles. The van der Waals surface area contributed by atoms with Crippen molar-refractivity contribution in [1.29, 1.82) is 0 Å². The molecule has 22 heavy (non-hydrogen) atoms. The molecule has 108 valence electrons. The lowest BCUT2D eigenvalue weighted by molar-refractivity contribution is 1.26. The van der Waals surface area contributed by atoms with Gasteiger partial charge in [0.15, 0.2) is 0 Å². The van der Waals surface area contributed by atoms with Crippen molar-refractivity contribution in [3.8, 4) is 0 Å². The zero-order chi connectivity index (χ0) is 15.4. The van der Waals surface area contributed by atoms with E-state index in [4.69, 9.17) is 9.97 Å². The maximum atomic E-state index is 4.97. The molecule has 0 saturated carbocycles. The van der Waals surface area contributed by atoms with Crippen LogP contribution in [0.25, 0.3) is 32.7 Å². The van der Waals surface area contributed by atoms with Crippen LogP contribution in [0.1, 0.15) is 22.4 Å². The van der Waals surface area contributed by atoms with Gasteiger partial charge >= 0.3 is 0 Å². The Morgan fingerprint density at radius 2 is 1.59 bits per heavy atom. The van der Waals surface area contributed by atoms with E-state index in [1.807, 2.05) is 0 Å². The third-order valence-corrected chi connectivity index (χ3v) is 4.53. The Bertz CT molecular complexity index is 1060. The van der Waals surface area contributed by atoms with E-state index >= 15 is 0 Å². The molecule has 0 amide bonds. The molecule has 0 saturated heterocycles. The molecule has 0 bridgehead atoms. The van der Waals surface area contributed by atoms with Gasteiger partial charge in [-0.15, -0.1) is 0 Å². The molecule has 2 heteroatoms. The van der Waals surface area contributed by atoms with Crippen molar-refractivity contribution >= 4 is 32.7 Å². The maximum Gasteiger partial charge on any atom is 0.0824 e. The number of benzene rings is 2. The highest BCUT2D eigenvalue weighted by Crippen LogP contribution is 2.32. The molecule has 0 fully saturated rings. The van der Waals surface area contributed by atoms with Crippen molar-refractivity contribution in [2.45, 2.75) is 27.7 Å². The third-order valence-electron chi connectivity index (χ3n) is 4.53. The van der Waals surface area contributed by atoms with Gasteiger partial charge in [-0.1, -0.05) is 29.8 Å². The van der Waals surface area contributed by atoms with Crippen LogP contribution in [0.3, 0.4) is 0 Å². The summed E-state index contributed by atoms with van der Waals surface area (Å²) in [5.41, 5.74) is 7.99. The Morgan fingerprint density at radius 3 is 2.41 bits per heavy atom. The minimum atomic E-state index is 1.06. The van der Waals surface area contributed by atoms with Crippen LogP contribution in [0.2, 0.25) is 0 Å². The van der Waals surface area contributed by atoms with E-state index in [-0.39, 0.29) is 0 Å². The fourth-order valence-corrected chi connectivity index (χ4v) is 3.40. The molecule has 0 radical (unpaired) electrons. The van der Waals surface area contributed by atoms with E-state index in [0.29, 0.717) is 0 Å². The summed E-state index contributed by atoms with van der Waals surface area (Å²) in [5, 5.41) is 3.56. The standard InChI is InChI=1S/C20H18N2/c1-11-8-9-17-16(10-11)13(3)18-14(4)21-19-12(2)6-5-7-15(19)20(18)22-17/h5-10H,1-4H3. The van der Waals surface area contributed by atoms with Crippen molar-refractivity contribution in [1.82, 2.24) is 9.97 Å². The van der Waals surface area contributed by atoms with Gasteiger partial charge < -0.3 is 0 Å². The van der Waals surface area contributed by atoms with E-state index in [2.05, 4.69) is 64.1 Å². The summed E-state index contributed by atoms with van der Waals surface area (Å²) < 4.78 is 0. The van der Waals surface area contributed by atoms with Crippen LogP contribution >= 0.6 is 0 Å². The van der Waals surface area contributed by atoms with Gasteiger partial charge in [0.1, 0.15) is 0 Å². The summed E-state index contributed by atoms with van der Waals surface area (Å²) >= 11 is 0. The van der Waals surface area contributed by atoms with E-state index in [1.165, 1.54) is 27.5 Å². The number of pyridine rings is 2. The van der Waals surface area contributed by atoms with Gasteiger partial charge in [0.05, 0.1) is 16.6 Å². The smallest absolute Gasteiger partial charge is 0.0824 e. The first-order valence-electron chi connectivity index (χ1n) is 7.63. The van der Waals surface area contributed by atoms with Crippen molar-refractivity contribution in [2.75, 3.05) is 0 Å². The SMILES string of the molecule is Cc1ccc2nc3c(c(C)nc4c(C)cccc43)c(C)c2c1. The number of hydrogen-bond donors (Lipinski definition) is 0. The molecule has 0 aliphatic heterocycles. The van der Waals surface area contributed by atoms with Crippen molar-refractivity contribution in [2.24, 2.45) is 0 Å². The second-order valence-corrected chi connectivity index (χ2v) is 6.15. The molecule has 2 aromatic carbocycles.